The van der Waals surface area contributed by atoms with Crippen LogP contribution >= 0.6 is 0 Å². The Balaban J connectivity index is 2.43. The van der Waals surface area contributed by atoms with E-state index < -0.39 is 0 Å². The summed E-state index contributed by atoms with van der Waals surface area (Å²) in [5.41, 5.74) is 0. The minimum absolute atomic E-state index is 0.0463. The second kappa shape index (κ2) is 2.43. The maximum absolute atomic E-state index is 10.0. The molecular weight excluding hydrogens is 116 g/mol. The zero-order chi connectivity index (χ0) is 6.85. The molecule has 0 aromatic carbocycles. The van der Waals surface area contributed by atoms with Gasteiger partial charge in [0, 0.05) is 12.6 Å². The van der Waals surface area contributed by atoms with Crippen molar-refractivity contribution in [1.29, 1.82) is 0 Å². The van der Waals surface area contributed by atoms with E-state index in [2.05, 4.69) is 17.0 Å². The van der Waals surface area contributed by atoms with Gasteiger partial charge in [0.1, 0.15) is 6.04 Å². The summed E-state index contributed by atoms with van der Waals surface area (Å²) in [5, 5.41) is 3.00. The van der Waals surface area contributed by atoms with Gasteiger partial charge in [-0.05, 0) is 20.4 Å². The number of hydrogen-bond acceptors (Lipinski definition) is 3. The van der Waals surface area contributed by atoms with Gasteiger partial charge >= 0.3 is 0 Å². The second-order valence-electron chi connectivity index (χ2n) is 2.78. The summed E-state index contributed by atoms with van der Waals surface area (Å²) >= 11 is 0. The molecule has 1 aliphatic rings. The van der Waals surface area contributed by atoms with E-state index in [0.717, 1.165) is 13.0 Å². The smallest absolute Gasteiger partial charge is 0.106 e. The van der Waals surface area contributed by atoms with Crippen molar-refractivity contribution in [3.05, 3.63) is 4.91 Å². The predicted octanol–water partition coefficient (Wildman–Crippen LogP) is 0.845. The van der Waals surface area contributed by atoms with Crippen molar-refractivity contribution >= 4 is 0 Å². The van der Waals surface area contributed by atoms with Crippen LogP contribution in [0.4, 0.5) is 0 Å². The SMILES string of the molecule is C[C@H]1C[C@H](N=O)CN1C. The maximum Gasteiger partial charge on any atom is 0.106 e. The van der Waals surface area contributed by atoms with Crippen molar-refractivity contribution in [3.8, 4) is 0 Å². The van der Waals surface area contributed by atoms with Crippen LogP contribution in [0.15, 0.2) is 5.18 Å². The van der Waals surface area contributed by atoms with Crippen molar-refractivity contribution in [2.45, 2.75) is 25.4 Å². The summed E-state index contributed by atoms with van der Waals surface area (Å²) in [6.45, 7) is 2.95. The second-order valence-corrected chi connectivity index (χ2v) is 2.78. The summed E-state index contributed by atoms with van der Waals surface area (Å²) in [6.07, 6.45) is 0.931. The quantitative estimate of drug-likeness (QED) is 0.490. The fourth-order valence-corrected chi connectivity index (χ4v) is 1.24. The van der Waals surface area contributed by atoms with E-state index in [9.17, 15) is 4.91 Å². The van der Waals surface area contributed by atoms with Crippen LogP contribution in [0.3, 0.4) is 0 Å². The molecule has 0 N–H and O–H groups in total. The third kappa shape index (κ3) is 1.27. The van der Waals surface area contributed by atoms with Gasteiger partial charge in [-0.1, -0.05) is 5.18 Å². The van der Waals surface area contributed by atoms with Crippen LogP contribution in [0.5, 0.6) is 0 Å². The van der Waals surface area contributed by atoms with Gasteiger partial charge in [-0.25, -0.2) is 0 Å². The molecule has 52 valence electrons. The Kier molecular flexibility index (Phi) is 1.81. The molecule has 3 heteroatoms. The summed E-state index contributed by atoms with van der Waals surface area (Å²) in [5.74, 6) is 0. The van der Waals surface area contributed by atoms with E-state index in [1.165, 1.54) is 0 Å². The molecule has 1 rings (SSSR count). The average Bonchev–Trinajstić information content (AvgIpc) is 2.13. The van der Waals surface area contributed by atoms with Gasteiger partial charge in [0.15, 0.2) is 0 Å². The molecule has 1 fully saturated rings. The van der Waals surface area contributed by atoms with E-state index in [4.69, 9.17) is 0 Å². The van der Waals surface area contributed by atoms with Crippen molar-refractivity contribution in [2.75, 3.05) is 13.6 Å². The predicted molar refractivity (Wildman–Crippen MR) is 36.3 cm³/mol. The molecule has 0 bridgehead atoms. The lowest BCUT2D eigenvalue weighted by Gasteiger charge is -2.11. The molecule has 1 heterocycles. The first-order valence-corrected chi connectivity index (χ1v) is 3.26. The monoisotopic (exact) mass is 128 g/mol. The zero-order valence-electron chi connectivity index (χ0n) is 5.87. The summed E-state index contributed by atoms with van der Waals surface area (Å²) in [6, 6.07) is 0.581. The fourth-order valence-electron chi connectivity index (χ4n) is 1.24. The van der Waals surface area contributed by atoms with Crippen molar-refractivity contribution in [1.82, 2.24) is 4.90 Å². The van der Waals surface area contributed by atoms with Crippen LogP contribution in [0.1, 0.15) is 13.3 Å². The highest BCUT2D eigenvalue weighted by Gasteiger charge is 2.26. The summed E-state index contributed by atoms with van der Waals surface area (Å²) < 4.78 is 0. The van der Waals surface area contributed by atoms with Crippen LogP contribution in [-0.2, 0) is 0 Å². The molecular formula is C6H12N2O. The molecule has 0 amide bonds. The molecule has 0 radical (unpaired) electrons. The third-order valence-corrected chi connectivity index (χ3v) is 2.01. The largest absolute Gasteiger partial charge is 0.301 e. The van der Waals surface area contributed by atoms with Crippen LogP contribution in [0.25, 0.3) is 0 Å². The first kappa shape index (κ1) is 6.68. The Morgan fingerprint density at radius 2 is 2.33 bits per heavy atom. The van der Waals surface area contributed by atoms with Crippen LogP contribution in [-0.4, -0.2) is 30.6 Å². The first-order valence-electron chi connectivity index (χ1n) is 3.26. The number of likely N-dealkylation sites (tertiary alicyclic amines) is 1. The van der Waals surface area contributed by atoms with E-state index in [1.54, 1.807) is 0 Å². The molecule has 0 aromatic heterocycles. The highest BCUT2D eigenvalue weighted by Crippen LogP contribution is 2.16. The zero-order valence-corrected chi connectivity index (χ0v) is 5.87. The molecule has 0 spiro atoms. The molecule has 3 nitrogen and oxygen atoms in total. The standard InChI is InChI=1S/C6H12N2O/c1-5-3-6(7-9)4-8(5)2/h5-6H,3-4H2,1-2H3/t5-,6-/m0/s1. The Bertz CT molecular complexity index is 106. The Morgan fingerprint density at radius 1 is 1.67 bits per heavy atom. The molecule has 0 aromatic rings. The molecule has 0 unspecified atom stereocenters. The average molecular weight is 128 g/mol. The minimum Gasteiger partial charge on any atom is -0.301 e. The van der Waals surface area contributed by atoms with Crippen LogP contribution in [0, 0.1) is 4.91 Å². The lowest BCUT2D eigenvalue weighted by Crippen LogP contribution is -2.21. The number of likely N-dealkylation sites (N-methyl/N-ethyl adjacent to an activating group) is 1. The van der Waals surface area contributed by atoms with Gasteiger partial charge in [0.2, 0.25) is 0 Å². The highest BCUT2D eigenvalue weighted by molar-refractivity contribution is 4.84. The summed E-state index contributed by atoms with van der Waals surface area (Å²) in [4.78, 5) is 12.2. The van der Waals surface area contributed by atoms with Gasteiger partial charge in [0.05, 0.1) is 0 Å². The number of nitrogens with zero attached hydrogens (tertiary/aromatic N) is 2. The Labute approximate surface area is 55.0 Å². The lowest BCUT2D eigenvalue weighted by atomic mass is 10.2. The van der Waals surface area contributed by atoms with E-state index in [-0.39, 0.29) is 6.04 Å². The van der Waals surface area contributed by atoms with E-state index >= 15 is 0 Å². The van der Waals surface area contributed by atoms with E-state index in [1.807, 2.05) is 7.05 Å². The third-order valence-electron chi connectivity index (χ3n) is 2.01. The number of nitroso groups, excluding NO2 is 1. The van der Waals surface area contributed by atoms with Crippen LogP contribution in [0.2, 0.25) is 0 Å². The van der Waals surface area contributed by atoms with Gasteiger partial charge in [0.25, 0.3) is 0 Å². The van der Waals surface area contributed by atoms with Crippen molar-refractivity contribution < 1.29 is 0 Å². The molecule has 2 atom stereocenters. The Hall–Kier alpha value is -0.440. The van der Waals surface area contributed by atoms with Gasteiger partial charge < -0.3 is 4.90 Å². The van der Waals surface area contributed by atoms with Gasteiger partial charge in [-0.15, -0.1) is 0 Å². The van der Waals surface area contributed by atoms with Gasteiger partial charge in [-0.2, -0.15) is 4.91 Å². The number of hydrogen-bond donors (Lipinski definition) is 0. The van der Waals surface area contributed by atoms with Crippen LogP contribution < -0.4 is 0 Å². The summed E-state index contributed by atoms with van der Waals surface area (Å²) in [7, 11) is 2.02. The van der Waals surface area contributed by atoms with Crippen molar-refractivity contribution in [2.24, 2.45) is 5.18 Å². The topological polar surface area (TPSA) is 32.7 Å². The molecule has 1 saturated heterocycles. The highest BCUT2D eigenvalue weighted by atomic mass is 16.3. The van der Waals surface area contributed by atoms with Crippen molar-refractivity contribution in [3.63, 3.8) is 0 Å². The Morgan fingerprint density at radius 3 is 2.56 bits per heavy atom. The molecule has 0 saturated carbocycles. The number of rotatable bonds is 1. The molecule has 0 aliphatic carbocycles. The van der Waals surface area contributed by atoms with Gasteiger partial charge in [-0.3, -0.25) is 0 Å². The maximum atomic E-state index is 10.0. The van der Waals surface area contributed by atoms with E-state index in [0.29, 0.717) is 6.04 Å². The first-order chi connectivity index (χ1) is 4.24. The molecule has 1 aliphatic heterocycles. The molecule has 9 heavy (non-hydrogen) atoms. The minimum atomic E-state index is 0.0463. The fraction of sp³-hybridized carbons (Fsp3) is 1.00. The normalized spacial score (nSPS) is 37.1. The lowest BCUT2D eigenvalue weighted by molar-refractivity contribution is 0.329.